The fraction of sp³-hybridized carbons (Fsp3) is 0.333. The molecule has 0 saturated carbocycles. The number of hydrogen-bond acceptors (Lipinski definition) is 4. The second kappa shape index (κ2) is 7.12. The van der Waals surface area contributed by atoms with Gasteiger partial charge in [0.2, 0.25) is 5.91 Å². The summed E-state index contributed by atoms with van der Waals surface area (Å²) in [4.78, 5) is 33.2. The van der Waals surface area contributed by atoms with Gasteiger partial charge in [0, 0.05) is 0 Å². The molecule has 2 aliphatic heterocycles. The molecule has 2 saturated heterocycles. The molecule has 0 radical (unpaired) electrons. The number of anilines is 2. The Morgan fingerprint density at radius 1 is 0.963 bits per heavy atom. The summed E-state index contributed by atoms with van der Waals surface area (Å²) in [5.41, 5.74) is 1.21. The van der Waals surface area contributed by atoms with Crippen LogP contribution in [-0.4, -0.2) is 24.0 Å². The zero-order chi connectivity index (χ0) is 19.0. The van der Waals surface area contributed by atoms with Gasteiger partial charge in [-0.2, -0.15) is 0 Å². The highest BCUT2D eigenvalue weighted by atomic mass is 19.1. The van der Waals surface area contributed by atoms with Gasteiger partial charge in [-0.1, -0.05) is 38.0 Å². The van der Waals surface area contributed by atoms with Gasteiger partial charge in [0.05, 0.1) is 23.3 Å². The Hall–Kier alpha value is -2.73. The number of halogens is 1. The zero-order valence-corrected chi connectivity index (χ0v) is 15.0. The standard InChI is InChI=1S/C21H21FN2O3/c1-2-3-9-17-18-19(27-24(17)16-7-5-4-6-8-16)21(26)23(20(18)25)15-12-10-14(22)11-13-15/h4-8,10-13,17-19H,2-3,9H2,1H3/t17-,18-,19-/m1/s1. The van der Waals surface area contributed by atoms with E-state index < -0.39 is 23.7 Å². The highest BCUT2D eigenvalue weighted by molar-refractivity contribution is 6.23. The van der Waals surface area contributed by atoms with Gasteiger partial charge in [-0.05, 0) is 42.8 Å². The monoisotopic (exact) mass is 368 g/mol. The van der Waals surface area contributed by atoms with E-state index in [2.05, 4.69) is 6.92 Å². The summed E-state index contributed by atoms with van der Waals surface area (Å²) in [5, 5.41) is 1.72. The summed E-state index contributed by atoms with van der Waals surface area (Å²) in [5.74, 6) is -1.65. The number of benzene rings is 2. The first-order valence-electron chi connectivity index (χ1n) is 9.26. The number of para-hydroxylation sites is 1. The van der Waals surface area contributed by atoms with Gasteiger partial charge < -0.3 is 0 Å². The predicted octanol–water partition coefficient (Wildman–Crippen LogP) is 3.69. The molecule has 2 fully saturated rings. The van der Waals surface area contributed by atoms with Gasteiger partial charge in [0.25, 0.3) is 5.91 Å². The number of hydroxylamine groups is 1. The van der Waals surface area contributed by atoms with E-state index in [0.29, 0.717) is 5.69 Å². The fourth-order valence-electron chi connectivity index (χ4n) is 3.87. The molecule has 0 unspecified atom stereocenters. The minimum absolute atomic E-state index is 0.209. The molecule has 0 aromatic heterocycles. The third kappa shape index (κ3) is 3.00. The van der Waals surface area contributed by atoms with Crippen molar-refractivity contribution >= 4 is 23.2 Å². The van der Waals surface area contributed by atoms with Crippen LogP contribution in [0.25, 0.3) is 0 Å². The van der Waals surface area contributed by atoms with Crippen LogP contribution in [0.2, 0.25) is 0 Å². The summed E-state index contributed by atoms with van der Waals surface area (Å²) in [6.45, 7) is 2.09. The maximum Gasteiger partial charge on any atom is 0.266 e. The number of hydrogen-bond donors (Lipinski definition) is 0. The van der Waals surface area contributed by atoms with E-state index >= 15 is 0 Å². The maximum atomic E-state index is 13.2. The average Bonchev–Trinajstić information content (AvgIpc) is 3.18. The van der Waals surface area contributed by atoms with Crippen molar-refractivity contribution in [2.75, 3.05) is 9.96 Å². The van der Waals surface area contributed by atoms with E-state index in [1.165, 1.54) is 24.3 Å². The molecule has 2 aromatic rings. The first kappa shape index (κ1) is 17.7. The van der Waals surface area contributed by atoms with E-state index in [-0.39, 0.29) is 11.9 Å². The lowest BCUT2D eigenvalue weighted by atomic mass is 9.92. The third-order valence-corrected chi connectivity index (χ3v) is 5.19. The third-order valence-electron chi connectivity index (χ3n) is 5.19. The van der Waals surface area contributed by atoms with Crippen LogP contribution in [0.5, 0.6) is 0 Å². The minimum atomic E-state index is -0.843. The number of carbonyl (C=O) groups is 2. The molecule has 0 aliphatic carbocycles. The number of imide groups is 1. The quantitative estimate of drug-likeness (QED) is 0.755. The van der Waals surface area contributed by atoms with Crippen LogP contribution < -0.4 is 9.96 Å². The summed E-state index contributed by atoms with van der Waals surface area (Å²) >= 11 is 0. The number of amides is 2. The Balaban J connectivity index is 1.66. The van der Waals surface area contributed by atoms with Crippen molar-refractivity contribution in [2.24, 2.45) is 5.92 Å². The molecule has 6 heteroatoms. The minimum Gasteiger partial charge on any atom is -0.273 e. The molecule has 3 atom stereocenters. The number of carbonyl (C=O) groups excluding carboxylic acids is 2. The highest BCUT2D eigenvalue weighted by Crippen LogP contribution is 2.41. The van der Waals surface area contributed by atoms with Crippen LogP contribution in [0.3, 0.4) is 0 Å². The Morgan fingerprint density at radius 2 is 1.67 bits per heavy atom. The fourth-order valence-corrected chi connectivity index (χ4v) is 3.87. The average molecular weight is 368 g/mol. The summed E-state index contributed by atoms with van der Waals surface area (Å²) in [7, 11) is 0. The molecule has 0 bridgehead atoms. The van der Waals surface area contributed by atoms with Crippen molar-refractivity contribution < 1.29 is 18.8 Å². The van der Waals surface area contributed by atoms with Gasteiger partial charge in [0.1, 0.15) is 5.82 Å². The second-order valence-electron chi connectivity index (χ2n) is 6.91. The lowest BCUT2D eigenvalue weighted by molar-refractivity contribution is -0.126. The number of rotatable bonds is 5. The van der Waals surface area contributed by atoms with Gasteiger partial charge in [0.15, 0.2) is 6.10 Å². The Morgan fingerprint density at radius 3 is 2.33 bits per heavy atom. The smallest absolute Gasteiger partial charge is 0.266 e. The molecule has 140 valence electrons. The molecule has 5 nitrogen and oxygen atoms in total. The molecule has 4 rings (SSSR count). The van der Waals surface area contributed by atoms with Gasteiger partial charge >= 0.3 is 0 Å². The Kier molecular flexibility index (Phi) is 4.66. The van der Waals surface area contributed by atoms with E-state index in [1.54, 1.807) is 5.06 Å². The molecule has 2 heterocycles. The van der Waals surface area contributed by atoms with Crippen molar-refractivity contribution in [1.29, 1.82) is 0 Å². The van der Waals surface area contributed by atoms with Crippen molar-refractivity contribution in [3.63, 3.8) is 0 Å². The van der Waals surface area contributed by atoms with E-state index in [4.69, 9.17) is 4.84 Å². The molecular weight excluding hydrogens is 347 g/mol. The van der Waals surface area contributed by atoms with Gasteiger partial charge in [-0.3, -0.25) is 14.4 Å². The van der Waals surface area contributed by atoms with Crippen molar-refractivity contribution in [2.45, 2.75) is 38.3 Å². The van der Waals surface area contributed by atoms with E-state index in [9.17, 15) is 14.0 Å². The normalized spacial score (nSPS) is 24.6. The molecular formula is C21H21FN2O3. The SMILES string of the molecule is CCCC[C@@H]1[C@H]2C(=O)N(c3ccc(F)cc3)C(=O)[C@@H]2ON1c1ccccc1. The predicted molar refractivity (Wildman–Crippen MR) is 99.5 cm³/mol. The molecule has 2 amide bonds. The first-order chi connectivity index (χ1) is 13.1. The van der Waals surface area contributed by atoms with Crippen LogP contribution in [-0.2, 0) is 14.4 Å². The molecule has 2 aliphatic rings. The maximum absolute atomic E-state index is 13.2. The molecule has 27 heavy (non-hydrogen) atoms. The Labute approximate surface area is 157 Å². The largest absolute Gasteiger partial charge is 0.273 e. The lowest BCUT2D eigenvalue weighted by Gasteiger charge is -2.28. The summed E-state index contributed by atoms with van der Waals surface area (Å²) in [6.07, 6.45) is 1.83. The molecule has 0 N–H and O–H groups in total. The summed E-state index contributed by atoms with van der Waals surface area (Å²) < 4.78 is 13.2. The van der Waals surface area contributed by atoms with Crippen LogP contribution in [0, 0.1) is 11.7 Å². The van der Waals surface area contributed by atoms with Crippen LogP contribution in [0.4, 0.5) is 15.8 Å². The topological polar surface area (TPSA) is 49.9 Å². The zero-order valence-electron chi connectivity index (χ0n) is 15.0. The van der Waals surface area contributed by atoms with Gasteiger partial charge in [-0.25, -0.2) is 14.4 Å². The Bertz CT molecular complexity index is 840. The van der Waals surface area contributed by atoms with E-state index in [1.807, 2.05) is 30.3 Å². The summed E-state index contributed by atoms with van der Waals surface area (Å²) in [6, 6.07) is 14.7. The molecule has 2 aromatic carbocycles. The number of nitrogens with zero attached hydrogens (tertiary/aromatic N) is 2. The lowest BCUT2D eigenvalue weighted by Crippen LogP contribution is -2.40. The highest BCUT2D eigenvalue weighted by Gasteiger charge is 2.59. The van der Waals surface area contributed by atoms with Gasteiger partial charge in [-0.15, -0.1) is 0 Å². The van der Waals surface area contributed by atoms with Crippen LogP contribution in [0.15, 0.2) is 54.6 Å². The van der Waals surface area contributed by atoms with Crippen molar-refractivity contribution in [1.82, 2.24) is 0 Å². The van der Waals surface area contributed by atoms with Crippen molar-refractivity contribution in [3.05, 3.63) is 60.4 Å². The van der Waals surface area contributed by atoms with E-state index in [0.717, 1.165) is 29.8 Å². The number of fused-ring (bicyclic) bond motifs is 1. The van der Waals surface area contributed by atoms with Crippen molar-refractivity contribution in [3.8, 4) is 0 Å². The first-order valence-corrected chi connectivity index (χ1v) is 9.26. The molecule has 0 spiro atoms. The van der Waals surface area contributed by atoms with Crippen LogP contribution >= 0.6 is 0 Å². The van der Waals surface area contributed by atoms with Crippen LogP contribution in [0.1, 0.15) is 26.2 Å². The number of unbranched alkanes of at least 4 members (excludes halogenated alkanes) is 1. The second-order valence-corrected chi connectivity index (χ2v) is 6.91.